The largest absolute Gasteiger partial charge is 0.494 e. The summed E-state index contributed by atoms with van der Waals surface area (Å²) in [6.07, 6.45) is 0. The Bertz CT molecular complexity index is 791. The van der Waals surface area contributed by atoms with E-state index in [0.717, 1.165) is 26.9 Å². The van der Waals surface area contributed by atoms with Crippen molar-refractivity contribution in [2.24, 2.45) is 0 Å². The highest BCUT2D eigenvalue weighted by molar-refractivity contribution is 9.10. The van der Waals surface area contributed by atoms with E-state index < -0.39 is 4.92 Å². The van der Waals surface area contributed by atoms with E-state index in [1.165, 1.54) is 18.7 Å². The molecule has 6 nitrogen and oxygen atoms in total. The molecule has 0 unspecified atom stereocenters. The second-order valence-corrected chi connectivity index (χ2v) is 6.40. The number of anilines is 1. The highest BCUT2D eigenvalue weighted by Crippen LogP contribution is 2.36. The summed E-state index contributed by atoms with van der Waals surface area (Å²) < 4.78 is 10.9. The van der Waals surface area contributed by atoms with Crippen molar-refractivity contribution in [1.82, 2.24) is 0 Å². The Balaban J connectivity index is 0.000000257. The lowest BCUT2D eigenvalue weighted by Gasteiger charge is -2.09. The van der Waals surface area contributed by atoms with Crippen molar-refractivity contribution in [1.29, 1.82) is 0 Å². The number of halogens is 1. The average Bonchev–Trinajstić information content (AvgIpc) is 2.57. The molecule has 0 saturated heterocycles. The number of nitro benzene ring substituents is 1. The first-order valence-corrected chi connectivity index (χ1v) is 8.32. The summed E-state index contributed by atoms with van der Waals surface area (Å²) in [5.74, 6) is 1.13. The average molecular weight is 411 g/mol. The molecule has 0 aliphatic heterocycles. The first-order chi connectivity index (χ1) is 11.6. The number of nitro groups is 1. The third kappa shape index (κ3) is 4.63. The highest BCUT2D eigenvalue weighted by atomic mass is 79.9. The zero-order valence-corrected chi connectivity index (χ0v) is 16.9. The van der Waals surface area contributed by atoms with Crippen molar-refractivity contribution in [2.45, 2.75) is 27.7 Å². The van der Waals surface area contributed by atoms with Crippen molar-refractivity contribution in [3.8, 4) is 11.5 Å². The van der Waals surface area contributed by atoms with Crippen molar-refractivity contribution < 1.29 is 14.4 Å². The number of nitrogen functional groups attached to an aromatic ring is 1. The summed E-state index contributed by atoms with van der Waals surface area (Å²) in [5.41, 5.74) is 10.4. The molecule has 0 fully saturated rings. The summed E-state index contributed by atoms with van der Waals surface area (Å²) in [7, 11) is 3.07. The molecular formula is C18H23BrN2O4. The Morgan fingerprint density at radius 1 is 1.00 bits per heavy atom. The van der Waals surface area contributed by atoms with E-state index in [2.05, 4.69) is 15.9 Å². The normalized spacial score (nSPS) is 9.88. The molecule has 7 heteroatoms. The van der Waals surface area contributed by atoms with E-state index in [0.29, 0.717) is 11.4 Å². The van der Waals surface area contributed by atoms with E-state index in [4.69, 9.17) is 15.2 Å². The van der Waals surface area contributed by atoms with Gasteiger partial charge in [0.15, 0.2) is 5.75 Å². The fourth-order valence-corrected chi connectivity index (χ4v) is 2.82. The van der Waals surface area contributed by atoms with Gasteiger partial charge < -0.3 is 15.2 Å². The molecule has 2 rings (SSSR count). The number of nitrogens with two attached hydrogens (primary N) is 1. The molecule has 136 valence electrons. The van der Waals surface area contributed by atoms with Crippen LogP contribution in [0.4, 0.5) is 11.4 Å². The number of hydrogen-bond donors (Lipinski definition) is 1. The maximum absolute atomic E-state index is 10.7. The van der Waals surface area contributed by atoms with Crippen LogP contribution in [-0.2, 0) is 0 Å². The molecule has 0 spiro atoms. The standard InChI is InChI=1S/C9H10BrNO3.C9H13NO/c1-5-6(2)9(14-3)8(11(12)13)4-7(5)10;1-6-4-5-8(10)9(11-3)7(6)2/h4H,1-3H3;4-5H,10H2,1-3H3. The van der Waals surface area contributed by atoms with Crippen molar-refractivity contribution >= 4 is 27.3 Å². The quantitative estimate of drug-likeness (QED) is 0.442. The van der Waals surface area contributed by atoms with Gasteiger partial charge in [-0.15, -0.1) is 0 Å². The van der Waals surface area contributed by atoms with Crippen molar-refractivity contribution in [2.75, 3.05) is 20.0 Å². The van der Waals surface area contributed by atoms with Crippen LogP contribution < -0.4 is 15.2 Å². The number of rotatable bonds is 3. The molecule has 0 aromatic heterocycles. The first kappa shape index (κ1) is 20.8. The van der Waals surface area contributed by atoms with Gasteiger partial charge in [0.2, 0.25) is 0 Å². The number of ether oxygens (including phenoxy) is 2. The maximum Gasteiger partial charge on any atom is 0.312 e. The van der Waals surface area contributed by atoms with Gasteiger partial charge in [-0.05, 0) is 50.5 Å². The van der Waals surface area contributed by atoms with Gasteiger partial charge in [-0.3, -0.25) is 10.1 Å². The Labute approximate surface area is 156 Å². The minimum absolute atomic E-state index is 0.0116. The maximum atomic E-state index is 10.7. The van der Waals surface area contributed by atoms with Gasteiger partial charge in [0, 0.05) is 16.1 Å². The lowest BCUT2D eigenvalue weighted by molar-refractivity contribution is -0.385. The second kappa shape index (κ2) is 8.71. The number of methoxy groups -OCH3 is 2. The van der Waals surface area contributed by atoms with Crippen LogP contribution in [0.15, 0.2) is 22.7 Å². The predicted molar refractivity (Wildman–Crippen MR) is 104 cm³/mol. The Morgan fingerprint density at radius 2 is 1.56 bits per heavy atom. The minimum atomic E-state index is -0.448. The van der Waals surface area contributed by atoms with Crippen LogP contribution in [0.1, 0.15) is 22.3 Å². The topological polar surface area (TPSA) is 87.6 Å². The molecule has 0 amide bonds. The fourth-order valence-electron chi connectivity index (χ4n) is 2.31. The third-order valence-corrected chi connectivity index (χ3v) is 4.89. The monoisotopic (exact) mass is 410 g/mol. The van der Waals surface area contributed by atoms with Gasteiger partial charge in [0.1, 0.15) is 5.75 Å². The van der Waals surface area contributed by atoms with Crippen molar-refractivity contribution in [3.05, 3.63) is 55.0 Å². The number of benzene rings is 2. The van der Waals surface area contributed by atoms with E-state index in [1.807, 2.05) is 32.9 Å². The van der Waals surface area contributed by atoms with Crippen molar-refractivity contribution in [3.63, 3.8) is 0 Å². The lowest BCUT2D eigenvalue weighted by Crippen LogP contribution is -1.98. The first-order valence-electron chi connectivity index (χ1n) is 7.53. The number of aryl methyl sites for hydroxylation is 1. The zero-order valence-electron chi connectivity index (χ0n) is 15.3. The molecule has 0 radical (unpaired) electrons. The van der Waals surface area contributed by atoms with E-state index >= 15 is 0 Å². The summed E-state index contributed by atoms with van der Waals surface area (Å²) >= 11 is 3.27. The van der Waals surface area contributed by atoms with Crippen LogP contribution in [-0.4, -0.2) is 19.1 Å². The van der Waals surface area contributed by atoms with E-state index in [1.54, 1.807) is 14.0 Å². The van der Waals surface area contributed by atoms with Crippen LogP contribution in [0.2, 0.25) is 0 Å². The third-order valence-electron chi connectivity index (χ3n) is 4.07. The van der Waals surface area contributed by atoms with E-state index in [-0.39, 0.29) is 5.69 Å². The van der Waals surface area contributed by atoms with Gasteiger partial charge in [-0.25, -0.2) is 0 Å². The molecular weight excluding hydrogens is 388 g/mol. The molecule has 2 N–H and O–H groups in total. The van der Waals surface area contributed by atoms with Gasteiger partial charge >= 0.3 is 5.69 Å². The van der Waals surface area contributed by atoms with Gasteiger partial charge in [-0.1, -0.05) is 22.0 Å². The Kier molecular flexibility index (Phi) is 7.23. The highest BCUT2D eigenvalue weighted by Gasteiger charge is 2.20. The lowest BCUT2D eigenvalue weighted by atomic mass is 10.1. The molecule has 0 aliphatic rings. The molecule has 0 heterocycles. The predicted octanol–water partition coefficient (Wildman–Crippen LogP) is 4.88. The van der Waals surface area contributed by atoms with Crippen LogP contribution in [0.3, 0.4) is 0 Å². The van der Waals surface area contributed by atoms with Crippen LogP contribution in [0, 0.1) is 37.8 Å². The molecule has 25 heavy (non-hydrogen) atoms. The number of nitrogens with zero attached hydrogens (tertiary/aromatic N) is 1. The summed E-state index contributed by atoms with van der Waals surface area (Å²) in [5, 5.41) is 10.7. The minimum Gasteiger partial charge on any atom is -0.494 e. The van der Waals surface area contributed by atoms with Gasteiger partial charge in [0.05, 0.1) is 24.8 Å². The smallest absolute Gasteiger partial charge is 0.312 e. The molecule has 0 aliphatic carbocycles. The van der Waals surface area contributed by atoms with Crippen LogP contribution in [0.25, 0.3) is 0 Å². The van der Waals surface area contributed by atoms with Crippen LogP contribution >= 0.6 is 15.9 Å². The Hall–Kier alpha value is -2.28. The SMILES string of the molecule is COc1c(N)ccc(C)c1C.COc1c([N+](=O)[O-])cc(Br)c(C)c1C. The summed E-state index contributed by atoms with van der Waals surface area (Å²) in [6.45, 7) is 7.72. The van der Waals surface area contributed by atoms with Gasteiger partial charge in [-0.2, -0.15) is 0 Å². The summed E-state index contributed by atoms with van der Waals surface area (Å²) in [6, 6.07) is 5.32. The summed E-state index contributed by atoms with van der Waals surface area (Å²) in [4.78, 5) is 10.3. The molecule has 0 atom stereocenters. The number of hydrogen-bond acceptors (Lipinski definition) is 5. The molecule has 0 saturated carbocycles. The van der Waals surface area contributed by atoms with Crippen LogP contribution in [0.5, 0.6) is 11.5 Å². The molecule has 2 aromatic rings. The Morgan fingerprint density at radius 3 is 2.00 bits per heavy atom. The molecule has 2 aromatic carbocycles. The fraction of sp³-hybridized carbons (Fsp3) is 0.333. The second-order valence-electron chi connectivity index (χ2n) is 5.55. The molecule has 0 bridgehead atoms. The van der Waals surface area contributed by atoms with E-state index in [9.17, 15) is 10.1 Å². The zero-order chi connectivity index (χ0) is 19.3. The van der Waals surface area contributed by atoms with Gasteiger partial charge in [0.25, 0.3) is 0 Å².